The van der Waals surface area contributed by atoms with Gasteiger partial charge in [0.1, 0.15) is 0 Å². The van der Waals surface area contributed by atoms with Gasteiger partial charge < -0.3 is 14.6 Å². The van der Waals surface area contributed by atoms with Crippen LogP contribution in [-0.4, -0.2) is 17.9 Å². The smallest absolute Gasteiger partial charge is 0.416 e. The fourth-order valence-electron chi connectivity index (χ4n) is 1.96. The summed E-state index contributed by atoms with van der Waals surface area (Å²) >= 11 is 0. The van der Waals surface area contributed by atoms with Gasteiger partial charge in [-0.1, -0.05) is 0 Å². The third-order valence-corrected chi connectivity index (χ3v) is 2.76. The Hall–Kier alpha value is -1.92. The van der Waals surface area contributed by atoms with Gasteiger partial charge in [-0.15, -0.1) is 0 Å². The molecule has 0 aromatic heterocycles. The number of carboxylic acids is 1. The summed E-state index contributed by atoms with van der Waals surface area (Å²) in [6, 6.07) is 2.15. The molecule has 0 amide bonds. The first-order chi connectivity index (χ1) is 8.89. The van der Waals surface area contributed by atoms with E-state index in [1.54, 1.807) is 0 Å². The molecular weight excluding hydrogens is 265 g/mol. The second-order valence-electron chi connectivity index (χ2n) is 4.07. The molecule has 1 aromatic rings. The third-order valence-electron chi connectivity index (χ3n) is 2.76. The molecule has 2 rings (SSSR count). The molecule has 0 saturated carbocycles. The van der Waals surface area contributed by atoms with Crippen molar-refractivity contribution in [3.8, 4) is 11.5 Å². The van der Waals surface area contributed by atoms with Crippen LogP contribution in [0.15, 0.2) is 12.1 Å². The molecule has 0 aliphatic carbocycles. The van der Waals surface area contributed by atoms with Crippen LogP contribution in [0.5, 0.6) is 11.5 Å². The summed E-state index contributed by atoms with van der Waals surface area (Å²) in [5, 5.41) is 8.54. The lowest BCUT2D eigenvalue weighted by atomic mass is 9.99. The van der Waals surface area contributed by atoms with Crippen molar-refractivity contribution in [1.29, 1.82) is 0 Å². The van der Waals surface area contributed by atoms with Gasteiger partial charge >= 0.3 is 12.1 Å². The molecular formula is C12H11F3O4. The number of benzene rings is 1. The van der Waals surface area contributed by atoms with Gasteiger partial charge in [0.2, 0.25) is 6.79 Å². The van der Waals surface area contributed by atoms with Crippen molar-refractivity contribution < 1.29 is 32.5 Å². The van der Waals surface area contributed by atoms with E-state index < -0.39 is 17.7 Å². The Morgan fingerprint density at radius 3 is 2.68 bits per heavy atom. The summed E-state index contributed by atoms with van der Waals surface area (Å²) in [7, 11) is 0. The number of halogens is 3. The highest BCUT2D eigenvalue weighted by molar-refractivity contribution is 5.66. The van der Waals surface area contributed by atoms with E-state index in [-0.39, 0.29) is 43.1 Å². The minimum Gasteiger partial charge on any atom is -0.481 e. The fourth-order valence-corrected chi connectivity index (χ4v) is 1.96. The number of alkyl halides is 3. The van der Waals surface area contributed by atoms with Gasteiger partial charge in [-0.2, -0.15) is 13.2 Å². The normalized spacial score (nSPS) is 13.6. The lowest BCUT2D eigenvalue weighted by Gasteiger charge is -2.14. The second-order valence-corrected chi connectivity index (χ2v) is 4.07. The second kappa shape index (κ2) is 4.99. The summed E-state index contributed by atoms with van der Waals surface area (Å²) in [4.78, 5) is 10.4. The first kappa shape index (κ1) is 13.5. The van der Waals surface area contributed by atoms with Crippen molar-refractivity contribution in [3.63, 3.8) is 0 Å². The molecule has 1 aromatic carbocycles. The standard InChI is InChI=1S/C12H11F3O4/c13-12(14,15)8-4-5-9-11(19-6-18-9)7(8)2-1-3-10(16)17/h4-5H,1-3,6H2,(H,16,17). The maximum atomic E-state index is 12.9. The van der Waals surface area contributed by atoms with E-state index in [0.717, 1.165) is 6.07 Å². The topological polar surface area (TPSA) is 55.8 Å². The van der Waals surface area contributed by atoms with Crippen molar-refractivity contribution in [2.24, 2.45) is 0 Å². The van der Waals surface area contributed by atoms with E-state index in [9.17, 15) is 18.0 Å². The van der Waals surface area contributed by atoms with Gasteiger partial charge in [0.25, 0.3) is 0 Å². The molecule has 1 aliphatic rings. The molecule has 0 atom stereocenters. The van der Waals surface area contributed by atoms with Gasteiger partial charge in [0.15, 0.2) is 11.5 Å². The molecule has 7 heteroatoms. The van der Waals surface area contributed by atoms with Crippen molar-refractivity contribution in [2.75, 3.05) is 6.79 Å². The first-order valence-corrected chi connectivity index (χ1v) is 5.60. The van der Waals surface area contributed by atoms with Gasteiger partial charge in [0.05, 0.1) is 5.56 Å². The largest absolute Gasteiger partial charge is 0.481 e. The molecule has 1 N–H and O–H groups in total. The minimum absolute atomic E-state index is 0.0202. The molecule has 0 fully saturated rings. The summed E-state index contributed by atoms with van der Waals surface area (Å²) in [5.41, 5.74) is -0.842. The average Bonchev–Trinajstić information content (AvgIpc) is 2.75. The Bertz CT molecular complexity index is 496. The highest BCUT2D eigenvalue weighted by Gasteiger charge is 2.36. The highest BCUT2D eigenvalue weighted by Crippen LogP contribution is 2.43. The molecule has 4 nitrogen and oxygen atoms in total. The van der Waals surface area contributed by atoms with E-state index >= 15 is 0 Å². The molecule has 0 unspecified atom stereocenters. The lowest BCUT2D eigenvalue weighted by Crippen LogP contribution is -2.10. The van der Waals surface area contributed by atoms with Crippen molar-refractivity contribution in [3.05, 3.63) is 23.3 Å². The molecule has 0 spiro atoms. The number of carboxylic acid groups (broad SMARTS) is 1. The zero-order valence-corrected chi connectivity index (χ0v) is 9.79. The Morgan fingerprint density at radius 2 is 2.05 bits per heavy atom. The van der Waals surface area contributed by atoms with Gasteiger partial charge in [0, 0.05) is 12.0 Å². The van der Waals surface area contributed by atoms with Gasteiger partial charge in [-0.25, -0.2) is 0 Å². The Kier molecular flexibility index (Phi) is 3.55. The van der Waals surface area contributed by atoms with Gasteiger partial charge in [-0.3, -0.25) is 4.79 Å². The molecule has 1 aliphatic heterocycles. The summed E-state index contributed by atoms with van der Waals surface area (Å²) in [5.74, 6) is -0.711. The lowest BCUT2D eigenvalue weighted by molar-refractivity contribution is -0.138. The van der Waals surface area contributed by atoms with Crippen LogP contribution in [0.1, 0.15) is 24.0 Å². The summed E-state index contributed by atoms with van der Waals surface area (Å²) in [6.45, 7) is -0.122. The number of hydrogen-bond donors (Lipinski definition) is 1. The summed E-state index contributed by atoms with van der Waals surface area (Å²) < 4.78 is 48.8. The maximum absolute atomic E-state index is 12.9. The Labute approximate surface area is 106 Å². The molecule has 1 heterocycles. The van der Waals surface area contributed by atoms with E-state index in [2.05, 4.69) is 0 Å². The van der Waals surface area contributed by atoms with Crippen LogP contribution in [0.3, 0.4) is 0 Å². The van der Waals surface area contributed by atoms with E-state index in [4.69, 9.17) is 14.6 Å². The van der Waals surface area contributed by atoms with Crippen molar-refractivity contribution in [2.45, 2.75) is 25.4 Å². The number of fused-ring (bicyclic) bond motifs is 1. The number of aliphatic carboxylic acids is 1. The molecule has 0 saturated heterocycles. The van der Waals surface area contributed by atoms with E-state index in [0.29, 0.717) is 0 Å². The van der Waals surface area contributed by atoms with Crippen LogP contribution in [0.4, 0.5) is 13.2 Å². The van der Waals surface area contributed by atoms with E-state index in [1.165, 1.54) is 6.07 Å². The van der Waals surface area contributed by atoms with Crippen LogP contribution >= 0.6 is 0 Å². The molecule has 104 valence electrons. The summed E-state index contributed by atoms with van der Waals surface area (Å²) in [6.07, 6.45) is -4.60. The predicted octanol–water partition coefficient (Wildman–Crippen LogP) is 2.84. The average molecular weight is 276 g/mol. The highest BCUT2D eigenvalue weighted by atomic mass is 19.4. The van der Waals surface area contributed by atoms with Crippen LogP contribution in [0.25, 0.3) is 0 Å². The SMILES string of the molecule is O=C(O)CCCc1c(C(F)(F)F)ccc2c1OCO2. The Morgan fingerprint density at radius 1 is 1.32 bits per heavy atom. The van der Waals surface area contributed by atoms with Crippen LogP contribution in [0.2, 0.25) is 0 Å². The maximum Gasteiger partial charge on any atom is 0.416 e. The van der Waals surface area contributed by atoms with Crippen LogP contribution in [-0.2, 0) is 17.4 Å². The fraction of sp³-hybridized carbons (Fsp3) is 0.417. The predicted molar refractivity (Wildman–Crippen MR) is 58.1 cm³/mol. The van der Waals surface area contributed by atoms with Crippen molar-refractivity contribution >= 4 is 5.97 Å². The number of rotatable bonds is 4. The molecule has 0 radical (unpaired) electrons. The molecule has 19 heavy (non-hydrogen) atoms. The number of carbonyl (C=O) groups is 1. The molecule has 0 bridgehead atoms. The van der Waals surface area contributed by atoms with Crippen LogP contribution in [0, 0.1) is 0 Å². The van der Waals surface area contributed by atoms with Gasteiger partial charge in [-0.05, 0) is 25.0 Å². The van der Waals surface area contributed by atoms with Crippen molar-refractivity contribution in [1.82, 2.24) is 0 Å². The van der Waals surface area contributed by atoms with E-state index in [1.807, 2.05) is 0 Å². The van der Waals surface area contributed by atoms with Crippen LogP contribution < -0.4 is 9.47 Å². The quantitative estimate of drug-likeness (QED) is 0.918. The monoisotopic (exact) mass is 276 g/mol. The minimum atomic E-state index is -4.50. The third kappa shape index (κ3) is 2.91. The zero-order valence-electron chi connectivity index (χ0n) is 9.79. The Balaban J connectivity index is 2.32. The number of hydrogen-bond acceptors (Lipinski definition) is 3. The first-order valence-electron chi connectivity index (χ1n) is 5.60. The number of ether oxygens (including phenoxy) is 2. The zero-order chi connectivity index (χ0) is 14.0.